The number of alkyl halides is 3. The van der Waals surface area contributed by atoms with E-state index in [4.69, 9.17) is 27.2 Å². The molecule has 0 radical (unpaired) electrons. The summed E-state index contributed by atoms with van der Waals surface area (Å²) in [5.41, 5.74) is 7.57. The number of aliphatic carboxylic acids is 1. The molecule has 0 spiro atoms. The number of imidazole rings is 1. The zero-order chi connectivity index (χ0) is 29.4. The number of fused-ring (bicyclic) bond motifs is 2. The molecule has 1 amide bonds. The zero-order valence-corrected chi connectivity index (χ0v) is 22.1. The molecule has 214 valence electrons. The number of nitrogens with one attached hydrogen (secondary N) is 1. The molecule has 40 heavy (non-hydrogen) atoms. The number of carbonyl (C=O) groups excluding carboxylic acids is 1. The van der Waals surface area contributed by atoms with Gasteiger partial charge in [0.2, 0.25) is 0 Å². The van der Waals surface area contributed by atoms with Crippen LogP contribution in [0.15, 0.2) is 37.1 Å². The fourth-order valence-electron chi connectivity index (χ4n) is 4.38. The van der Waals surface area contributed by atoms with Gasteiger partial charge < -0.3 is 26.2 Å². The molecule has 1 fully saturated rings. The Balaban J connectivity index is 0.000000470. The first-order valence-electron chi connectivity index (χ1n) is 12.0. The second-order valence-corrected chi connectivity index (χ2v) is 9.96. The number of carboxylic acid groups (broad SMARTS) is 1. The van der Waals surface area contributed by atoms with Gasteiger partial charge in [-0.2, -0.15) is 13.2 Å². The Kier molecular flexibility index (Phi) is 7.81. The number of hydrogen-bond donors (Lipinski definition) is 4. The quantitative estimate of drug-likeness (QED) is 0.283. The predicted octanol–water partition coefficient (Wildman–Crippen LogP) is 3.09. The molecule has 1 aliphatic rings. The van der Waals surface area contributed by atoms with Crippen LogP contribution in [0.2, 0.25) is 5.02 Å². The molecule has 0 aromatic carbocycles. The van der Waals surface area contributed by atoms with Crippen LogP contribution in [0.1, 0.15) is 48.7 Å². The van der Waals surface area contributed by atoms with Gasteiger partial charge in [0.05, 0.1) is 28.4 Å². The molecule has 12 nitrogen and oxygen atoms in total. The van der Waals surface area contributed by atoms with E-state index >= 15 is 0 Å². The molecule has 1 saturated heterocycles. The molecular formula is C24H26ClF3N8O4. The third kappa shape index (κ3) is 5.89. The first kappa shape index (κ1) is 28.9. The second kappa shape index (κ2) is 10.8. The van der Waals surface area contributed by atoms with Crippen molar-refractivity contribution in [1.82, 2.24) is 29.3 Å². The number of nitrogens with zero attached hydrogens (tertiary/aromatic N) is 6. The van der Waals surface area contributed by atoms with Crippen LogP contribution in [-0.2, 0) is 4.79 Å². The van der Waals surface area contributed by atoms with Crippen LogP contribution in [0, 0.1) is 0 Å². The van der Waals surface area contributed by atoms with E-state index in [-0.39, 0.29) is 17.3 Å². The first-order chi connectivity index (χ1) is 18.7. The van der Waals surface area contributed by atoms with Crippen LogP contribution in [0.5, 0.6) is 0 Å². The minimum Gasteiger partial charge on any atom is -0.475 e. The van der Waals surface area contributed by atoms with Crippen molar-refractivity contribution in [3.8, 4) is 0 Å². The Bertz CT molecular complexity index is 1560. The molecule has 5 N–H and O–H groups in total. The molecular weight excluding hydrogens is 557 g/mol. The summed E-state index contributed by atoms with van der Waals surface area (Å²) in [5, 5.41) is 25.3. The number of rotatable bonds is 4. The third-order valence-electron chi connectivity index (χ3n) is 6.50. The van der Waals surface area contributed by atoms with Crippen LogP contribution < -0.4 is 16.0 Å². The van der Waals surface area contributed by atoms with Gasteiger partial charge in [-0.25, -0.2) is 19.3 Å². The van der Waals surface area contributed by atoms with Crippen LogP contribution in [0.25, 0.3) is 11.2 Å². The predicted molar refractivity (Wildman–Crippen MR) is 139 cm³/mol. The third-order valence-corrected chi connectivity index (χ3v) is 6.80. The van der Waals surface area contributed by atoms with Crippen LogP contribution >= 0.6 is 11.6 Å². The van der Waals surface area contributed by atoms with Crippen LogP contribution in [0.4, 0.5) is 24.8 Å². The van der Waals surface area contributed by atoms with Crippen molar-refractivity contribution < 1.29 is 33.0 Å². The molecule has 5 rings (SSSR count). The van der Waals surface area contributed by atoms with Gasteiger partial charge >= 0.3 is 12.1 Å². The average Bonchev–Trinajstić information content (AvgIpc) is 3.48. The monoisotopic (exact) mass is 582 g/mol. The second-order valence-electron chi connectivity index (χ2n) is 9.55. The van der Waals surface area contributed by atoms with Crippen molar-refractivity contribution in [3.05, 3.63) is 53.2 Å². The van der Waals surface area contributed by atoms with Crippen molar-refractivity contribution in [2.24, 2.45) is 0 Å². The number of piperidine rings is 1. The normalized spacial score (nSPS) is 15.9. The topological polar surface area (TPSA) is 163 Å². The van der Waals surface area contributed by atoms with Crippen molar-refractivity contribution in [2.45, 2.75) is 44.5 Å². The SMILES string of the molecule is CC(NC(=O)c1c(N)nn2cccnc12)c1cc(Cl)c2cncn2c1N1CCC(C)(O)CC1.O=C(O)C(F)(F)F. The number of aromatic nitrogens is 5. The number of carboxylic acids is 1. The highest BCUT2D eigenvalue weighted by Crippen LogP contribution is 2.35. The molecule has 5 heterocycles. The van der Waals surface area contributed by atoms with Crippen LogP contribution in [-0.4, -0.2) is 70.9 Å². The molecule has 1 aliphatic heterocycles. The minimum atomic E-state index is -5.08. The highest BCUT2D eigenvalue weighted by Gasteiger charge is 2.38. The number of aliphatic hydroxyl groups is 1. The number of nitrogens with two attached hydrogens (primary N) is 1. The number of anilines is 2. The van der Waals surface area contributed by atoms with Crippen LogP contribution in [0.3, 0.4) is 0 Å². The van der Waals surface area contributed by atoms with Crippen molar-refractivity contribution >= 4 is 46.3 Å². The highest BCUT2D eigenvalue weighted by molar-refractivity contribution is 6.34. The average molecular weight is 583 g/mol. The molecule has 4 aromatic rings. The maximum atomic E-state index is 13.2. The van der Waals surface area contributed by atoms with E-state index in [0.29, 0.717) is 36.6 Å². The number of carbonyl (C=O) groups is 2. The summed E-state index contributed by atoms with van der Waals surface area (Å²) in [6.45, 7) is 5.09. The van der Waals surface area contributed by atoms with Crippen molar-refractivity contribution in [2.75, 3.05) is 23.7 Å². The molecule has 1 unspecified atom stereocenters. The number of amides is 1. The van der Waals surface area contributed by atoms with Gasteiger partial charge in [0.15, 0.2) is 11.5 Å². The van der Waals surface area contributed by atoms with E-state index in [2.05, 4.69) is 25.3 Å². The van der Waals surface area contributed by atoms with Gasteiger partial charge in [-0.1, -0.05) is 11.6 Å². The largest absolute Gasteiger partial charge is 0.490 e. The van der Waals surface area contributed by atoms with E-state index < -0.39 is 23.8 Å². The fraction of sp³-hybridized carbons (Fsp3) is 0.375. The minimum absolute atomic E-state index is 0.111. The Labute approximate surface area is 230 Å². The lowest BCUT2D eigenvalue weighted by atomic mass is 9.93. The summed E-state index contributed by atoms with van der Waals surface area (Å²) in [6.07, 6.45) is 2.90. The van der Waals surface area contributed by atoms with Gasteiger partial charge in [-0.05, 0) is 38.8 Å². The lowest BCUT2D eigenvalue weighted by molar-refractivity contribution is -0.192. The molecule has 0 saturated carbocycles. The fourth-order valence-corrected chi connectivity index (χ4v) is 4.63. The smallest absolute Gasteiger partial charge is 0.475 e. The molecule has 16 heteroatoms. The summed E-state index contributed by atoms with van der Waals surface area (Å²) in [5.74, 6) is -2.13. The molecule has 4 aromatic heterocycles. The van der Waals surface area contributed by atoms with E-state index in [9.17, 15) is 23.1 Å². The summed E-state index contributed by atoms with van der Waals surface area (Å²) in [4.78, 5) is 32.8. The number of hydrogen-bond acceptors (Lipinski definition) is 8. The number of pyridine rings is 1. The number of nitrogen functional groups attached to an aromatic ring is 1. The van der Waals surface area contributed by atoms with Gasteiger partial charge in [0, 0.05) is 31.0 Å². The van der Waals surface area contributed by atoms with E-state index in [1.807, 2.05) is 24.3 Å². The maximum absolute atomic E-state index is 13.2. The lowest BCUT2D eigenvalue weighted by Gasteiger charge is -2.38. The van der Waals surface area contributed by atoms with Gasteiger partial charge in [0.1, 0.15) is 17.7 Å². The molecule has 0 bridgehead atoms. The van der Waals surface area contributed by atoms with Crippen molar-refractivity contribution in [1.29, 1.82) is 0 Å². The van der Waals surface area contributed by atoms with Gasteiger partial charge in [-0.3, -0.25) is 9.20 Å². The Morgan fingerprint density at radius 3 is 2.55 bits per heavy atom. The summed E-state index contributed by atoms with van der Waals surface area (Å²) >= 11 is 6.57. The Morgan fingerprint density at radius 1 is 1.27 bits per heavy atom. The Morgan fingerprint density at radius 2 is 1.93 bits per heavy atom. The Hall–Kier alpha value is -4.11. The van der Waals surface area contributed by atoms with Gasteiger partial charge in [0.25, 0.3) is 5.91 Å². The standard InChI is InChI=1S/C22H25ClN8O2.C2HF3O2/c1-13(27-20(32)17-18(24)28-31-7-3-6-26-19(17)31)14-10-15(23)16-11-25-12-30(16)21(14)29-8-4-22(2,33)5-9-29;3-2(4,5)1(6)7/h3,6-7,10-13,33H,4-5,8-9H2,1-2H3,(H2,24,28)(H,27,32);(H,6,7). The number of halogens is 4. The molecule has 0 aliphatic carbocycles. The summed E-state index contributed by atoms with van der Waals surface area (Å²) < 4.78 is 35.2. The van der Waals surface area contributed by atoms with E-state index in [1.165, 1.54) is 4.52 Å². The highest BCUT2D eigenvalue weighted by atomic mass is 35.5. The molecule has 1 atom stereocenters. The summed E-state index contributed by atoms with van der Waals surface area (Å²) in [6, 6.07) is 3.18. The van der Waals surface area contributed by atoms with Gasteiger partial charge in [-0.15, -0.1) is 5.10 Å². The van der Waals surface area contributed by atoms with E-state index in [1.54, 1.807) is 31.0 Å². The first-order valence-corrected chi connectivity index (χ1v) is 12.4. The maximum Gasteiger partial charge on any atom is 0.490 e. The summed E-state index contributed by atoms with van der Waals surface area (Å²) in [7, 11) is 0. The lowest BCUT2D eigenvalue weighted by Crippen LogP contribution is -2.43. The van der Waals surface area contributed by atoms with E-state index in [0.717, 1.165) is 16.9 Å². The zero-order valence-electron chi connectivity index (χ0n) is 21.4. The van der Waals surface area contributed by atoms with Crippen molar-refractivity contribution in [3.63, 3.8) is 0 Å².